The van der Waals surface area contributed by atoms with Gasteiger partial charge in [0.1, 0.15) is 11.9 Å². The highest BCUT2D eigenvalue weighted by molar-refractivity contribution is 5.97. The summed E-state index contributed by atoms with van der Waals surface area (Å²) in [5.41, 5.74) is 6.30. The molecule has 0 aromatic heterocycles. The minimum atomic E-state index is -0.670. The first-order valence-corrected chi connectivity index (χ1v) is 11.8. The Morgan fingerprint density at radius 3 is 2.55 bits per heavy atom. The summed E-state index contributed by atoms with van der Waals surface area (Å²) < 4.78 is 19.5. The molecule has 2 aliphatic carbocycles. The fraction of sp³-hybridized carbons (Fsp3) is 0.345. The fourth-order valence-electron chi connectivity index (χ4n) is 5.69. The summed E-state index contributed by atoms with van der Waals surface area (Å²) in [6.45, 7) is 1.79. The van der Waals surface area contributed by atoms with Gasteiger partial charge in [0.25, 0.3) is 0 Å². The third-order valence-electron chi connectivity index (χ3n) is 7.29. The van der Waals surface area contributed by atoms with Crippen LogP contribution in [0.1, 0.15) is 55.2 Å². The first-order chi connectivity index (χ1) is 16.0. The van der Waals surface area contributed by atoms with Crippen molar-refractivity contribution < 1.29 is 19.0 Å². The van der Waals surface area contributed by atoms with Crippen LogP contribution in [0.2, 0.25) is 0 Å². The second kappa shape index (κ2) is 8.75. The van der Waals surface area contributed by atoms with Crippen molar-refractivity contribution in [3.8, 4) is 0 Å². The van der Waals surface area contributed by atoms with Gasteiger partial charge >= 0.3 is 5.97 Å². The lowest BCUT2D eigenvalue weighted by atomic mass is 9.72. The molecule has 2 aromatic carbocycles. The minimum absolute atomic E-state index is 0.0524. The predicted molar refractivity (Wildman–Crippen MR) is 128 cm³/mol. The summed E-state index contributed by atoms with van der Waals surface area (Å²) >= 11 is 0. The zero-order valence-electron chi connectivity index (χ0n) is 18.9. The van der Waals surface area contributed by atoms with Gasteiger partial charge in [0.2, 0.25) is 0 Å². The summed E-state index contributed by atoms with van der Waals surface area (Å²) in [6.07, 6.45) is 10.0. The van der Waals surface area contributed by atoms with Crippen LogP contribution in [0.5, 0.6) is 0 Å². The van der Waals surface area contributed by atoms with Gasteiger partial charge in [-0.25, -0.2) is 4.39 Å². The number of ether oxygens (including phenoxy) is 1. The quantitative estimate of drug-likeness (QED) is 0.574. The van der Waals surface area contributed by atoms with E-state index in [2.05, 4.69) is 36.4 Å². The molecule has 3 aliphatic rings. The van der Waals surface area contributed by atoms with Crippen LogP contribution in [-0.2, 0) is 9.53 Å². The Morgan fingerprint density at radius 2 is 1.85 bits per heavy atom. The van der Waals surface area contributed by atoms with E-state index in [0.29, 0.717) is 12.0 Å². The first kappa shape index (κ1) is 21.8. The normalized spacial score (nSPS) is 24.6. The van der Waals surface area contributed by atoms with E-state index in [9.17, 15) is 14.3 Å². The summed E-state index contributed by atoms with van der Waals surface area (Å²) in [4.78, 5) is 11.8. The van der Waals surface area contributed by atoms with E-state index in [1.54, 1.807) is 6.92 Å². The van der Waals surface area contributed by atoms with Crippen LogP contribution in [0.25, 0.3) is 11.1 Å². The van der Waals surface area contributed by atoms with Gasteiger partial charge in [-0.05, 0) is 77.5 Å². The largest absolute Gasteiger partial charge is 0.458 e. The summed E-state index contributed by atoms with van der Waals surface area (Å²) in [5.74, 6) is -0.572. The third-order valence-corrected chi connectivity index (χ3v) is 7.29. The molecule has 0 bridgehead atoms. The number of aliphatic hydroxyl groups excluding tert-OH is 1. The van der Waals surface area contributed by atoms with Gasteiger partial charge in [-0.15, -0.1) is 0 Å². The van der Waals surface area contributed by atoms with Crippen molar-refractivity contribution in [3.05, 3.63) is 94.8 Å². The van der Waals surface area contributed by atoms with Crippen molar-refractivity contribution in [3.63, 3.8) is 0 Å². The molecule has 0 unspecified atom stereocenters. The molecule has 2 aromatic rings. The van der Waals surface area contributed by atoms with Crippen LogP contribution in [0, 0.1) is 18.2 Å². The number of hydrogen-bond donors (Lipinski definition) is 1. The third kappa shape index (κ3) is 4.08. The lowest BCUT2D eigenvalue weighted by Gasteiger charge is -2.31. The molecule has 4 heteroatoms. The average Bonchev–Trinajstić information content (AvgIpc) is 3.40. The molecule has 5 rings (SSSR count). The molecule has 1 aliphatic heterocycles. The highest BCUT2D eigenvalue weighted by atomic mass is 19.1. The van der Waals surface area contributed by atoms with E-state index >= 15 is 0 Å². The number of allylic oxidation sites excluding steroid dienone is 5. The van der Waals surface area contributed by atoms with Gasteiger partial charge in [0, 0.05) is 11.8 Å². The van der Waals surface area contributed by atoms with Gasteiger partial charge in [-0.3, -0.25) is 4.79 Å². The standard InChI is InChI=1S/C29H29FO3/c1-19-15-21(9-12-27(19)30)24-18-26(20-7-3-2-4-8-20)29(13-5-6-14-29)25(24)11-10-23-16-22(31)17-28(32)33-23/h2-4,7-12,15,18,22-23,31H,5-6,13-14,16-17H2,1H3/t22-,23-/m0/s1. The maximum absolute atomic E-state index is 14.1. The number of aryl methyl sites for hydroxylation is 1. The van der Waals surface area contributed by atoms with E-state index in [1.807, 2.05) is 24.3 Å². The SMILES string of the molecule is Cc1cc(C2=C(C=C[C@H]3C[C@H](O)CC(=O)O3)C3(CCCC3)C(c3ccccc3)=C2)ccc1F. The zero-order valence-corrected chi connectivity index (χ0v) is 18.9. The number of hydrogen-bond acceptors (Lipinski definition) is 3. The molecule has 1 saturated carbocycles. The predicted octanol–water partition coefficient (Wildman–Crippen LogP) is 6.17. The van der Waals surface area contributed by atoms with Crippen molar-refractivity contribution in [1.29, 1.82) is 0 Å². The molecule has 170 valence electrons. The van der Waals surface area contributed by atoms with Crippen LogP contribution in [0.4, 0.5) is 4.39 Å². The smallest absolute Gasteiger partial charge is 0.309 e. The van der Waals surface area contributed by atoms with Crippen molar-refractivity contribution in [2.45, 2.75) is 57.7 Å². The molecule has 1 spiro atoms. The summed E-state index contributed by atoms with van der Waals surface area (Å²) in [5, 5.41) is 10.0. The van der Waals surface area contributed by atoms with Gasteiger partial charge < -0.3 is 9.84 Å². The van der Waals surface area contributed by atoms with Crippen LogP contribution in [0.15, 0.2) is 72.3 Å². The van der Waals surface area contributed by atoms with E-state index < -0.39 is 12.2 Å². The van der Waals surface area contributed by atoms with E-state index in [4.69, 9.17) is 4.74 Å². The molecule has 0 amide bonds. The molecule has 3 nitrogen and oxygen atoms in total. The Kier molecular flexibility index (Phi) is 5.79. The second-order valence-corrected chi connectivity index (χ2v) is 9.49. The highest BCUT2D eigenvalue weighted by Gasteiger charge is 2.45. The van der Waals surface area contributed by atoms with Crippen LogP contribution in [-0.4, -0.2) is 23.3 Å². The zero-order chi connectivity index (χ0) is 23.0. The van der Waals surface area contributed by atoms with Crippen LogP contribution in [0.3, 0.4) is 0 Å². The van der Waals surface area contributed by atoms with Crippen molar-refractivity contribution in [2.75, 3.05) is 0 Å². The number of halogens is 1. The van der Waals surface area contributed by atoms with Gasteiger partial charge in [0.05, 0.1) is 12.5 Å². The number of cyclic esters (lactones) is 1. The lowest BCUT2D eigenvalue weighted by Crippen LogP contribution is -2.31. The maximum Gasteiger partial charge on any atom is 0.309 e. The number of carbonyl (C=O) groups is 1. The Morgan fingerprint density at radius 1 is 1.09 bits per heavy atom. The Hall–Kier alpha value is -2.98. The molecule has 1 saturated heterocycles. The Labute approximate surface area is 194 Å². The average molecular weight is 445 g/mol. The minimum Gasteiger partial charge on any atom is -0.458 e. The number of rotatable bonds is 4. The van der Waals surface area contributed by atoms with Gasteiger partial charge in [-0.1, -0.05) is 55.3 Å². The second-order valence-electron chi connectivity index (χ2n) is 9.49. The lowest BCUT2D eigenvalue weighted by molar-refractivity contribution is -0.156. The number of esters is 1. The topological polar surface area (TPSA) is 46.5 Å². The Balaban J connectivity index is 1.63. The van der Waals surface area contributed by atoms with Gasteiger partial charge in [0.15, 0.2) is 0 Å². The maximum atomic E-state index is 14.1. The van der Waals surface area contributed by atoms with Crippen LogP contribution >= 0.6 is 0 Å². The molecule has 0 radical (unpaired) electrons. The molecule has 1 N–H and O–H groups in total. The van der Waals surface area contributed by atoms with Crippen LogP contribution < -0.4 is 0 Å². The van der Waals surface area contributed by atoms with E-state index in [1.165, 1.54) is 22.8 Å². The number of aliphatic hydroxyl groups is 1. The van der Waals surface area contributed by atoms with E-state index in [0.717, 1.165) is 36.8 Å². The van der Waals surface area contributed by atoms with Gasteiger partial charge in [-0.2, -0.15) is 0 Å². The fourth-order valence-corrected chi connectivity index (χ4v) is 5.69. The molecule has 2 fully saturated rings. The molecule has 33 heavy (non-hydrogen) atoms. The first-order valence-electron chi connectivity index (χ1n) is 11.8. The molecular weight excluding hydrogens is 415 g/mol. The molecule has 1 heterocycles. The monoisotopic (exact) mass is 444 g/mol. The molecular formula is C29H29FO3. The van der Waals surface area contributed by atoms with Crippen molar-refractivity contribution >= 4 is 17.1 Å². The number of carbonyl (C=O) groups excluding carboxylic acids is 1. The van der Waals surface area contributed by atoms with Crippen molar-refractivity contribution in [1.82, 2.24) is 0 Å². The van der Waals surface area contributed by atoms with E-state index in [-0.39, 0.29) is 23.6 Å². The Bertz CT molecular complexity index is 1150. The molecule has 2 atom stereocenters. The highest BCUT2D eigenvalue weighted by Crippen LogP contribution is 2.60. The van der Waals surface area contributed by atoms with Crippen molar-refractivity contribution in [2.24, 2.45) is 5.41 Å². The number of benzene rings is 2. The summed E-state index contributed by atoms with van der Waals surface area (Å²) in [6, 6.07) is 15.8. The summed E-state index contributed by atoms with van der Waals surface area (Å²) in [7, 11) is 0.